The molecule has 2 aromatic carbocycles. The van der Waals surface area contributed by atoms with E-state index in [9.17, 15) is 4.79 Å². The lowest BCUT2D eigenvalue weighted by Crippen LogP contribution is -2.36. The number of hydrogen-bond donors (Lipinski definition) is 0. The lowest BCUT2D eigenvalue weighted by Gasteiger charge is -2.20. The zero-order chi connectivity index (χ0) is 22.8. The summed E-state index contributed by atoms with van der Waals surface area (Å²) >= 11 is 1.48. The molecule has 4 rings (SSSR count). The quantitative estimate of drug-likeness (QED) is 0.566. The van der Waals surface area contributed by atoms with Gasteiger partial charge in [-0.1, -0.05) is 18.2 Å². The minimum Gasteiger partial charge on any atom is -0.497 e. The Kier molecular flexibility index (Phi) is 6.14. The van der Waals surface area contributed by atoms with Gasteiger partial charge in [0.05, 0.1) is 25.6 Å². The van der Waals surface area contributed by atoms with Crippen LogP contribution < -0.4 is 19.2 Å². The largest absolute Gasteiger partial charge is 0.497 e. The lowest BCUT2D eigenvalue weighted by atomic mass is 10.1. The van der Waals surface area contributed by atoms with Gasteiger partial charge in [0, 0.05) is 35.2 Å². The molecule has 0 atom stereocenters. The van der Waals surface area contributed by atoms with Crippen molar-refractivity contribution in [2.45, 2.75) is 26.8 Å². The second-order valence-electron chi connectivity index (χ2n) is 7.49. The first kappa shape index (κ1) is 21.8. The average Bonchev–Trinajstić information content (AvgIpc) is 3.32. The zero-order valence-corrected chi connectivity index (χ0v) is 19.6. The van der Waals surface area contributed by atoms with Crippen LogP contribution in [0.1, 0.15) is 26.3 Å². The number of ether oxygens (including phenoxy) is 2. The minimum atomic E-state index is -0.116. The fourth-order valence-corrected chi connectivity index (χ4v) is 4.65. The van der Waals surface area contributed by atoms with Gasteiger partial charge in [-0.2, -0.15) is 5.10 Å². The van der Waals surface area contributed by atoms with Crippen molar-refractivity contribution < 1.29 is 14.3 Å². The molecule has 166 valence electrons. The fraction of sp³-hybridized carbons (Fsp3) is 0.292. The van der Waals surface area contributed by atoms with Crippen LogP contribution in [-0.2, 0) is 4.79 Å². The number of amides is 1. The summed E-state index contributed by atoms with van der Waals surface area (Å²) in [5.41, 5.74) is 3.73. The van der Waals surface area contributed by atoms with Gasteiger partial charge < -0.3 is 14.4 Å². The van der Waals surface area contributed by atoms with E-state index in [0.717, 1.165) is 22.5 Å². The molecule has 3 aromatic rings. The highest BCUT2D eigenvalue weighted by Crippen LogP contribution is 2.35. The summed E-state index contributed by atoms with van der Waals surface area (Å²) in [4.78, 5) is 20.5. The van der Waals surface area contributed by atoms with E-state index in [1.54, 1.807) is 23.8 Å². The van der Waals surface area contributed by atoms with Gasteiger partial charge in [0.2, 0.25) is 4.80 Å². The SMILES string of the molecule is CCN=c1scc(-c2ccc(OC)cc2OC)n1N=C1C(=O)N(C(C)C)c2ccccc21. The maximum atomic E-state index is 13.4. The highest BCUT2D eigenvalue weighted by atomic mass is 32.1. The molecule has 0 spiro atoms. The minimum absolute atomic E-state index is 0.0183. The second kappa shape index (κ2) is 9.00. The summed E-state index contributed by atoms with van der Waals surface area (Å²) in [5, 5.41) is 6.84. The Morgan fingerprint density at radius 2 is 1.84 bits per heavy atom. The van der Waals surface area contributed by atoms with E-state index in [2.05, 4.69) is 4.99 Å². The number of nitrogens with zero attached hydrogens (tertiary/aromatic N) is 4. The summed E-state index contributed by atoms with van der Waals surface area (Å²) in [7, 11) is 3.24. The number of para-hydroxylation sites is 1. The van der Waals surface area contributed by atoms with Crippen LogP contribution in [0.4, 0.5) is 5.69 Å². The van der Waals surface area contributed by atoms with Crippen LogP contribution in [-0.4, -0.2) is 43.1 Å². The van der Waals surface area contributed by atoms with Gasteiger partial charge in [0.25, 0.3) is 5.91 Å². The number of aromatic nitrogens is 1. The molecular weight excluding hydrogens is 424 g/mol. The van der Waals surface area contributed by atoms with Gasteiger partial charge in [0.1, 0.15) is 11.5 Å². The van der Waals surface area contributed by atoms with E-state index < -0.39 is 0 Å². The molecule has 0 fully saturated rings. The fourth-order valence-electron chi connectivity index (χ4n) is 3.77. The van der Waals surface area contributed by atoms with Crippen molar-refractivity contribution in [2.24, 2.45) is 10.1 Å². The van der Waals surface area contributed by atoms with E-state index in [0.29, 0.717) is 28.6 Å². The van der Waals surface area contributed by atoms with E-state index in [4.69, 9.17) is 14.6 Å². The predicted octanol–water partition coefficient (Wildman–Crippen LogP) is 4.16. The molecule has 0 N–H and O–H groups in total. The van der Waals surface area contributed by atoms with Crippen molar-refractivity contribution in [1.82, 2.24) is 4.68 Å². The number of benzene rings is 2. The average molecular weight is 451 g/mol. The molecule has 0 saturated carbocycles. The molecule has 1 aliphatic rings. The van der Waals surface area contributed by atoms with Gasteiger partial charge >= 0.3 is 0 Å². The zero-order valence-electron chi connectivity index (χ0n) is 18.8. The summed E-state index contributed by atoms with van der Waals surface area (Å²) in [5.74, 6) is 1.24. The van der Waals surface area contributed by atoms with Crippen LogP contribution in [0, 0.1) is 0 Å². The molecule has 0 aliphatic carbocycles. The monoisotopic (exact) mass is 450 g/mol. The van der Waals surface area contributed by atoms with Gasteiger partial charge in [0.15, 0.2) is 5.71 Å². The van der Waals surface area contributed by atoms with Crippen molar-refractivity contribution in [2.75, 3.05) is 25.7 Å². The molecule has 1 aromatic heterocycles. The Morgan fingerprint density at radius 3 is 2.53 bits per heavy atom. The first-order chi connectivity index (χ1) is 15.5. The summed E-state index contributed by atoms with van der Waals surface area (Å²) in [6, 6.07) is 13.4. The number of hydrogen-bond acceptors (Lipinski definition) is 6. The van der Waals surface area contributed by atoms with Crippen molar-refractivity contribution in [1.29, 1.82) is 0 Å². The van der Waals surface area contributed by atoms with Crippen LogP contribution >= 0.6 is 11.3 Å². The van der Waals surface area contributed by atoms with Gasteiger partial charge in [-0.3, -0.25) is 9.79 Å². The summed E-state index contributed by atoms with van der Waals surface area (Å²) < 4.78 is 12.7. The topological polar surface area (TPSA) is 68.4 Å². The van der Waals surface area contributed by atoms with E-state index >= 15 is 0 Å². The van der Waals surface area contributed by atoms with E-state index in [1.165, 1.54) is 11.3 Å². The van der Waals surface area contributed by atoms with Gasteiger partial charge in [-0.25, -0.2) is 4.68 Å². The Hall–Kier alpha value is -3.39. The molecule has 0 unspecified atom stereocenters. The van der Waals surface area contributed by atoms with E-state index in [-0.39, 0.29) is 11.9 Å². The van der Waals surface area contributed by atoms with Crippen LogP contribution in [0.15, 0.2) is 57.9 Å². The third-order valence-electron chi connectivity index (χ3n) is 5.22. The van der Waals surface area contributed by atoms with Crippen LogP contribution in [0.2, 0.25) is 0 Å². The predicted molar refractivity (Wildman–Crippen MR) is 128 cm³/mol. The molecule has 0 saturated heterocycles. The van der Waals surface area contributed by atoms with Crippen molar-refractivity contribution in [3.8, 4) is 22.8 Å². The number of methoxy groups -OCH3 is 2. The Balaban J connectivity index is 1.94. The molecule has 2 heterocycles. The smallest absolute Gasteiger partial charge is 0.279 e. The van der Waals surface area contributed by atoms with Gasteiger partial charge in [-0.15, -0.1) is 11.3 Å². The number of rotatable bonds is 6. The molecule has 32 heavy (non-hydrogen) atoms. The molecule has 1 aliphatic heterocycles. The Bertz CT molecular complexity index is 1260. The Labute approximate surface area is 191 Å². The lowest BCUT2D eigenvalue weighted by molar-refractivity contribution is -0.112. The number of thiazole rings is 1. The van der Waals surface area contributed by atoms with Gasteiger partial charge in [-0.05, 0) is 39.0 Å². The van der Waals surface area contributed by atoms with E-state index in [1.807, 2.05) is 68.6 Å². The molecule has 0 bridgehead atoms. The third-order valence-corrected chi connectivity index (χ3v) is 6.07. The van der Waals surface area contributed by atoms with Crippen LogP contribution in [0.5, 0.6) is 11.5 Å². The molecule has 0 radical (unpaired) electrons. The van der Waals surface area contributed by atoms with Crippen molar-refractivity contribution in [3.05, 3.63) is 58.2 Å². The molecule has 1 amide bonds. The third kappa shape index (κ3) is 3.71. The van der Waals surface area contributed by atoms with Crippen LogP contribution in [0.25, 0.3) is 11.3 Å². The standard InChI is InChI=1S/C24H26N4O3S/c1-6-25-24-28(20(14-32-24)17-12-11-16(30-4)13-21(17)31-5)26-22-18-9-7-8-10-19(18)27(15(2)3)23(22)29/h7-15H,6H2,1-5H3. The molecular formula is C24H26N4O3S. The second-order valence-corrected chi connectivity index (χ2v) is 8.33. The molecule has 8 heteroatoms. The highest BCUT2D eigenvalue weighted by Gasteiger charge is 2.35. The molecule has 7 nitrogen and oxygen atoms in total. The maximum Gasteiger partial charge on any atom is 0.279 e. The number of carbonyl (C=O) groups excluding carboxylic acids is 1. The first-order valence-electron chi connectivity index (χ1n) is 10.5. The Morgan fingerprint density at radius 1 is 1.06 bits per heavy atom. The van der Waals surface area contributed by atoms with Crippen molar-refractivity contribution >= 4 is 28.6 Å². The highest BCUT2D eigenvalue weighted by molar-refractivity contribution is 7.07. The summed E-state index contributed by atoms with van der Waals surface area (Å²) in [6.07, 6.45) is 0. The van der Waals surface area contributed by atoms with Crippen LogP contribution in [0.3, 0.4) is 0 Å². The number of fused-ring (bicyclic) bond motifs is 1. The normalized spacial score (nSPS) is 15.1. The van der Waals surface area contributed by atoms with Crippen molar-refractivity contribution in [3.63, 3.8) is 0 Å². The number of carbonyl (C=O) groups is 1. The maximum absolute atomic E-state index is 13.4. The summed E-state index contributed by atoms with van der Waals surface area (Å²) in [6.45, 7) is 6.58. The number of anilines is 1. The first-order valence-corrected chi connectivity index (χ1v) is 11.3.